The van der Waals surface area contributed by atoms with E-state index in [1.165, 1.54) is 6.42 Å². The van der Waals surface area contributed by atoms with Crippen LogP contribution < -0.4 is 5.73 Å². The Kier molecular flexibility index (Phi) is 6.51. The van der Waals surface area contributed by atoms with E-state index in [1.54, 1.807) is 0 Å². The molecule has 0 aromatic rings. The van der Waals surface area contributed by atoms with Crippen LogP contribution in [0.25, 0.3) is 0 Å². The number of hydrogen-bond donors (Lipinski definition) is 1. The van der Waals surface area contributed by atoms with Gasteiger partial charge in [0, 0.05) is 13.1 Å². The largest absolute Gasteiger partial charge is 0.444 e. The van der Waals surface area contributed by atoms with Crippen LogP contribution in [0.3, 0.4) is 0 Å². The van der Waals surface area contributed by atoms with Crippen LogP contribution in [0.2, 0.25) is 0 Å². The molecule has 0 aliphatic heterocycles. The first-order chi connectivity index (χ1) is 9.78. The molecule has 0 unspecified atom stereocenters. The average Bonchev–Trinajstić information content (AvgIpc) is 2.43. The van der Waals surface area contributed by atoms with Gasteiger partial charge in [-0.2, -0.15) is 0 Å². The second-order valence-electron chi connectivity index (χ2n) is 7.41. The zero-order valence-corrected chi connectivity index (χ0v) is 14.6. The van der Waals surface area contributed by atoms with Gasteiger partial charge in [0.25, 0.3) is 0 Å². The number of hydrogen-bond acceptors (Lipinski definition) is 3. The van der Waals surface area contributed by atoms with E-state index in [-0.39, 0.29) is 11.6 Å². The number of nitrogens with zero attached hydrogens (tertiary/aromatic N) is 1. The van der Waals surface area contributed by atoms with E-state index in [2.05, 4.69) is 13.8 Å². The van der Waals surface area contributed by atoms with E-state index in [1.807, 2.05) is 25.7 Å². The summed E-state index contributed by atoms with van der Waals surface area (Å²) < 4.78 is 5.62. The lowest BCUT2D eigenvalue weighted by molar-refractivity contribution is -0.0154. The van der Waals surface area contributed by atoms with Gasteiger partial charge in [-0.1, -0.05) is 20.3 Å². The van der Waals surface area contributed by atoms with Crippen molar-refractivity contribution in [2.45, 2.75) is 84.3 Å². The molecule has 1 aliphatic carbocycles. The van der Waals surface area contributed by atoms with Crippen molar-refractivity contribution in [2.24, 2.45) is 11.7 Å². The summed E-state index contributed by atoms with van der Waals surface area (Å²) in [4.78, 5) is 14.5. The SMILES string of the molecule is CCCN(C(=O)OC(C)(C)C)C1(CN)CCC(CC)CC1. The highest BCUT2D eigenvalue weighted by Gasteiger charge is 2.42. The lowest BCUT2D eigenvalue weighted by Gasteiger charge is -2.47. The normalized spacial score (nSPS) is 26.5. The lowest BCUT2D eigenvalue weighted by Crippen LogP contribution is -2.59. The van der Waals surface area contributed by atoms with Crippen molar-refractivity contribution >= 4 is 6.09 Å². The molecule has 1 fully saturated rings. The molecule has 1 amide bonds. The fourth-order valence-electron chi connectivity index (χ4n) is 3.27. The van der Waals surface area contributed by atoms with Crippen molar-refractivity contribution < 1.29 is 9.53 Å². The van der Waals surface area contributed by atoms with E-state index in [0.717, 1.165) is 44.6 Å². The smallest absolute Gasteiger partial charge is 0.410 e. The predicted molar refractivity (Wildman–Crippen MR) is 87.3 cm³/mol. The third-order valence-corrected chi connectivity index (χ3v) is 4.63. The predicted octanol–water partition coefficient (Wildman–Crippen LogP) is 3.93. The van der Waals surface area contributed by atoms with Crippen molar-refractivity contribution in [2.75, 3.05) is 13.1 Å². The molecule has 0 radical (unpaired) electrons. The van der Waals surface area contributed by atoms with E-state index < -0.39 is 5.60 Å². The maximum absolute atomic E-state index is 12.6. The number of ether oxygens (including phenoxy) is 1. The van der Waals surface area contributed by atoms with Gasteiger partial charge in [0.2, 0.25) is 0 Å². The zero-order chi connectivity index (χ0) is 16.1. The molecule has 4 heteroatoms. The first-order valence-corrected chi connectivity index (χ1v) is 8.48. The Balaban J connectivity index is 2.88. The molecular formula is C17H34N2O2. The maximum atomic E-state index is 12.6. The van der Waals surface area contributed by atoms with Gasteiger partial charge >= 0.3 is 6.09 Å². The van der Waals surface area contributed by atoms with E-state index in [9.17, 15) is 4.79 Å². The van der Waals surface area contributed by atoms with Gasteiger partial charge in [-0.05, 0) is 58.8 Å². The van der Waals surface area contributed by atoms with Crippen molar-refractivity contribution in [3.63, 3.8) is 0 Å². The number of nitrogens with two attached hydrogens (primary N) is 1. The van der Waals surface area contributed by atoms with E-state index in [0.29, 0.717) is 6.54 Å². The third-order valence-electron chi connectivity index (χ3n) is 4.63. The van der Waals surface area contributed by atoms with Gasteiger partial charge in [-0.3, -0.25) is 0 Å². The van der Waals surface area contributed by atoms with Gasteiger partial charge in [-0.25, -0.2) is 4.79 Å². The van der Waals surface area contributed by atoms with Crippen molar-refractivity contribution in [3.8, 4) is 0 Å². The van der Waals surface area contributed by atoms with Crippen molar-refractivity contribution in [1.82, 2.24) is 4.90 Å². The summed E-state index contributed by atoms with van der Waals surface area (Å²) in [5.41, 5.74) is 5.45. The van der Waals surface area contributed by atoms with Crippen LogP contribution in [-0.4, -0.2) is 35.2 Å². The van der Waals surface area contributed by atoms with Gasteiger partial charge < -0.3 is 15.4 Å². The van der Waals surface area contributed by atoms with Crippen LogP contribution in [0.4, 0.5) is 4.79 Å². The molecule has 0 aromatic carbocycles. The Hall–Kier alpha value is -0.770. The average molecular weight is 298 g/mol. The Morgan fingerprint density at radius 3 is 2.24 bits per heavy atom. The molecule has 4 nitrogen and oxygen atoms in total. The van der Waals surface area contributed by atoms with Gasteiger partial charge in [0.15, 0.2) is 0 Å². The quantitative estimate of drug-likeness (QED) is 0.836. The summed E-state index contributed by atoms with van der Waals surface area (Å²) in [6.45, 7) is 11.3. The number of carbonyl (C=O) groups excluding carboxylic acids is 1. The maximum Gasteiger partial charge on any atom is 0.410 e. The molecule has 124 valence electrons. The summed E-state index contributed by atoms with van der Waals surface area (Å²) in [6, 6.07) is 0. The Labute approximate surface area is 130 Å². The molecule has 0 atom stereocenters. The molecule has 21 heavy (non-hydrogen) atoms. The fraction of sp³-hybridized carbons (Fsp3) is 0.941. The van der Waals surface area contributed by atoms with Crippen LogP contribution in [0.15, 0.2) is 0 Å². The number of carbonyl (C=O) groups is 1. The summed E-state index contributed by atoms with van der Waals surface area (Å²) in [5, 5.41) is 0. The summed E-state index contributed by atoms with van der Waals surface area (Å²) >= 11 is 0. The Bertz CT molecular complexity index is 328. The highest BCUT2D eigenvalue weighted by atomic mass is 16.6. The molecular weight excluding hydrogens is 264 g/mol. The second kappa shape index (κ2) is 7.48. The zero-order valence-electron chi connectivity index (χ0n) is 14.6. The molecule has 0 bridgehead atoms. The van der Waals surface area contributed by atoms with Crippen LogP contribution in [0.5, 0.6) is 0 Å². The van der Waals surface area contributed by atoms with E-state index in [4.69, 9.17) is 10.5 Å². The molecule has 0 spiro atoms. The standard InChI is InChI=1S/C17H34N2O2/c1-6-12-19(15(20)21-16(3,4)5)17(13-18)10-8-14(7-2)9-11-17/h14H,6-13,18H2,1-5H3. The van der Waals surface area contributed by atoms with Crippen LogP contribution in [0, 0.1) is 5.92 Å². The van der Waals surface area contributed by atoms with E-state index >= 15 is 0 Å². The van der Waals surface area contributed by atoms with Gasteiger partial charge in [-0.15, -0.1) is 0 Å². The topological polar surface area (TPSA) is 55.6 Å². The van der Waals surface area contributed by atoms with Gasteiger partial charge in [0.05, 0.1) is 5.54 Å². The van der Waals surface area contributed by atoms with Crippen molar-refractivity contribution in [3.05, 3.63) is 0 Å². The third kappa shape index (κ3) is 4.87. The number of amides is 1. The highest BCUT2D eigenvalue weighted by molar-refractivity contribution is 5.69. The molecule has 1 rings (SSSR count). The Morgan fingerprint density at radius 2 is 1.86 bits per heavy atom. The summed E-state index contributed by atoms with van der Waals surface area (Å²) in [7, 11) is 0. The molecule has 0 saturated heterocycles. The lowest BCUT2D eigenvalue weighted by atomic mass is 9.74. The van der Waals surface area contributed by atoms with Crippen molar-refractivity contribution in [1.29, 1.82) is 0 Å². The summed E-state index contributed by atoms with van der Waals surface area (Å²) in [6.07, 6.45) is 6.28. The highest BCUT2D eigenvalue weighted by Crippen LogP contribution is 2.38. The van der Waals surface area contributed by atoms with Gasteiger partial charge in [0.1, 0.15) is 5.60 Å². The monoisotopic (exact) mass is 298 g/mol. The minimum absolute atomic E-state index is 0.204. The second-order valence-corrected chi connectivity index (χ2v) is 7.41. The van der Waals surface area contributed by atoms with Crippen LogP contribution in [0.1, 0.15) is 73.1 Å². The number of rotatable bonds is 5. The first-order valence-electron chi connectivity index (χ1n) is 8.48. The molecule has 1 saturated carbocycles. The van der Waals surface area contributed by atoms with Crippen LogP contribution in [-0.2, 0) is 4.74 Å². The minimum atomic E-state index is -0.459. The minimum Gasteiger partial charge on any atom is -0.444 e. The Morgan fingerprint density at radius 1 is 1.29 bits per heavy atom. The van der Waals surface area contributed by atoms with Crippen LogP contribution >= 0.6 is 0 Å². The fourth-order valence-corrected chi connectivity index (χ4v) is 3.27. The molecule has 0 aromatic heterocycles. The molecule has 0 heterocycles. The summed E-state index contributed by atoms with van der Waals surface area (Å²) in [5.74, 6) is 0.784. The molecule has 1 aliphatic rings. The first kappa shape index (κ1) is 18.3. The molecule has 2 N–H and O–H groups in total.